The van der Waals surface area contributed by atoms with Crippen molar-refractivity contribution in [2.75, 3.05) is 6.61 Å². The monoisotopic (exact) mass is 168 g/mol. The van der Waals surface area contributed by atoms with E-state index in [4.69, 9.17) is 15.9 Å². The van der Waals surface area contributed by atoms with Gasteiger partial charge >= 0.3 is 0 Å². The third-order valence-corrected chi connectivity index (χ3v) is 1.71. The summed E-state index contributed by atoms with van der Waals surface area (Å²) in [6.07, 6.45) is 3.13. The SMILES string of the molecule is NC(CO)c1ccncc1CO. The number of hydrogen-bond acceptors (Lipinski definition) is 4. The summed E-state index contributed by atoms with van der Waals surface area (Å²) in [5.74, 6) is 0. The number of nitrogens with two attached hydrogens (primary N) is 1. The van der Waals surface area contributed by atoms with Crippen LogP contribution in [0.25, 0.3) is 0 Å². The Balaban J connectivity index is 2.96. The molecule has 4 N–H and O–H groups in total. The Morgan fingerprint density at radius 1 is 1.50 bits per heavy atom. The zero-order valence-corrected chi connectivity index (χ0v) is 6.64. The molecule has 0 radical (unpaired) electrons. The van der Waals surface area contributed by atoms with Crippen LogP contribution in [0.5, 0.6) is 0 Å². The van der Waals surface area contributed by atoms with Crippen molar-refractivity contribution >= 4 is 0 Å². The highest BCUT2D eigenvalue weighted by atomic mass is 16.3. The van der Waals surface area contributed by atoms with Gasteiger partial charge in [0, 0.05) is 18.0 Å². The van der Waals surface area contributed by atoms with Crippen LogP contribution in [0.15, 0.2) is 18.5 Å². The van der Waals surface area contributed by atoms with Gasteiger partial charge in [0.05, 0.1) is 19.3 Å². The Morgan fingerprint density at radius 2 is 2.25 bits per heavy atom. The first-order valence-corrected chi connectivity index (χ1v) is 3.69. The molecule has 12 heavy (non-hydrogen) atoms. The van der Waals surface area contributed by atoms with Crippen molar-refractivity contribution in [2.45, 2.75) is 12.6 Å². The molecule has 0 aromatic carbocycles. The summed E-state index contributed by atoms with van der Waals surface area (Å²) in [6.45, 7) is -0.228. The summed E-state index contributed by atoms with van der Waals surface area (Å²) in [6, 6.07) is 1.27. The Labute approximate surface area is 70.7 Å². The summed E-state index contributed by atoms with van der Waals surface area (Å²) >= 11 is 0. The topological polar surface area (TPSA) is 79.4 Å². The van der Waals surface area contributed by atoms with E-state index in [1.165, 1.54) is 0 Å². The second-order valence-electron chi connectivity index (χ2n) is 2.52. The first kappa shape index (κ1) is 9.12. The van der Waals surface area contributed by atoms with E-state index in [9.17, 15) is 0 Å². The fourth-order valence-electron chi connectivity index (χ4n) is 1.03. The zero-order valence-electron chi connectivity index (χ0n) is 6.64. The van der Waals surface area contributed by atoms with Crippen LogP contribution in [0.2, 0.25) is 0 Å². The first-order valence-electron chi connectivity index (χ1n) is 3.69. The number of aliphatic hydroxyl groups excluding tert-OH is 2. The van der Waals surface area contributed by atoms with Crippen molar-refractivity contribution in [1.82, 2.24) is 4.98 Å². The summed E-state index contributed by atoms with van der Waals surface area (Å²) in [5, 5.41) is 17.7. The average molecular weight is 168 g/mol. The van der Waals surface area contributed by atoms with Crippen LogP contribution in [0, 0.1) is 0 Å². The highest BCUT2D eigenvalue weighted by Gasteiger charge is 2.08. The van der Waals surface area contributed by atoms with Crippen molar-refractivity contribution in [2.24, 2.45) is 5.73 Å². The second kappa shape index (κ2) is 4.15. The molecule has 1 rings (SSSR count). The maximum atomic E-state index is 8.89. The highest BCUT2D eigenvalue weighted by molar-refractivity contribution is 5.25. The van der Waals surface area contributed by atoms with Gasteiger partial charge in [0.15, 0.2) is 0 Å². The van der Waals surface area contributed by atoms with Gasteiger partial charge < -0.3 is 15.9 Å². The maximum Gasteiger partial charge on any atom is 0.0700 e. The normalized spacial score (nSPS) is 12.9. The van der Waals surface area contributed by atoms with Crippen LogP contribution >= 0.6 is 0 Å². The first-order chi connectivity index (χ1) is 5.79. The van der Waals surface area contributed by atoms with Gasteiger partial charge in [-0.25, -0.2) is 0 Å². The van der Waals surface area contributed by atoms with Crippen LogP contribution < -0.4 is 5.73 Å². The van der Waals surface area contributed by atoms with E-state index in [0.717, 1.165) is 5.56 Å². The maximum absolute atomic E-state index is 8.89. The summed E-state index contributed by atoms with van der Waals surface area (Å²) in [5.41, 5.74) is 6.99. The van der Waals surface area contributed by atoms with Gasteiger partial charge in [-0.1, -0.05) is 0 Å². The Hall–Kier alpha value is -0.970. The quantitative estimate of drug-likeness (QED) is 0.572. The summed E-state index contributed by atoms with van der Waals surface area (Å²) in [7, 11) is 0. The lowest BCUT2D eigenvalue weighted by molar-refractivity contribution is 0.258. The molecule has 66 valence electrons. The average Bonchev–Trinajstić information content (AvgIpc) is 2.16. The molecule has 0 saturated carbocycles. The fraction of sp³-hybridized carbons (Fsp3) is 0.375. The van der Waals surface area contributed by atoms with Gasteiger partial charge in [-0.2, -0.15) is 0 Å². The van der Waals surface area contributed by atoms with Crippen LogP contribution in [0.1, 0.15) is 17.2 Å². The summed E-state index contributed by atoms with van der Waals surface area (Å²) < 4.78 is 0. The Morgan fingerprint density at radius 3 is 2.83 bits per heavy atom. The minimum atomic E-state index is -0.435. The van der Waals surface area contributed by atoms with Crippen molar-refractivity contribution < 1.29 is 10.2 Å². The van der Waals surface area contributed by atoms with Gasteiger partial charge in [0.1, 0.15) is 0 Å². The van der Waals surface area contributed by atoms with Gasteiger partial charge in [-0.3, -0.25) is 4.98 Å². The fourth-order valence-corrected chi connectivity index (χ4v) is 1.03. The molecule has 0 aliphatic carbocycles. The lowest BCUT2D eigenvalue weighted by Gasteiger charge is -2.11. The molecule has 0 spiro atoms. The minimum absolute atomic E-state index is 0.100. The van der Waals surface area contributed by atoms with Gasteiger partial charge in [0.2, 0.25) is 0 Å². The molecule has 0 bridgehead atoms. The third-order valence-electron chi connectivity index (χ3n) is 1.71. The van der Waals surface area contributed by atoms with Crippen molar-refractivity contribution in [3.8, 4) is 0 Å². The van der Waals surface area contributed by atoms with Crippen molar-refractivity contribution in [1.29, 1.82) is 0 Å². The molecule has 0 aliphatic heterocycles. The van der Waals surface area contributed by atoms with Crippen molar-refractivity contribution in [3.63, 3.8) is 0 Å². The molecule has 0 amide bonds. The standard InChI is InChI=1S/C8H12N2O2/c9-8(5-12)7-1-2-10-3-6(7)4-11/h1-3,8,11-12H,4-5,9H2. The predicted octanol–water partition coefficient (Wildman–Crippen LogP) is -0.434. The van der Waals surface area contributed by atoms with Crippen molar-refractivity contribution in [3.05, 3.63) is 29.6 Å². The van der Waals surface area contributed by atoms with E-state index < -0.39 is 6.04 Å². The third kappa shape index (κ3) is 1.79. The van der Waals surface area contributed by atoms with E-state index in [-0.39, 0.29) is 13.2 Å². The van der Waals surface area contributed by atoms with Crippen LogP contribution in [0.3, 0.4) is 0 Å². The van der Waals surface area contributed by atoms with E-state index in [1.807, 2.05) is 0 Å². The molecular formula is C8H12N2O2. The number of pyridine rings is 1. The van der Waals surface area contributed by atoms with E-state index in [2.05, 4.69) is 4.98 Å². The number of rotatable bonds is 3. The van der Waals surface area contributed by atoms with Crippen LogP contribution in [-0.2, 0) is 6.61 Å². The lowest BCUT2D eigenvalue weighted by Crippen LogP contribution is -2.16. The molecule has 1 unspecified atom stereocenters. The minimum Gasteiger partial charge on any atom is -0.394 e. The van der Waals surface area contributed by atoms with Gasteiger partial charge in [0.25, 0.3) is 0 Å². The molecule has 0 fully saturated rings. The van der Waals surface area contributed by atoms with Gasteiger partial charge in [-0.05, 0) is 11.6 Å². The number of hydrogen-bond donors (Lipinski definition) is 3. The number of aliphatic hydroxyl groups is 2. The molecule has 1 heterocycles. The molecule has 4 nitrogen and oxygen atoms in total. The lowest BCUT2D eigenvalue weighted by atomic mass is 10.0. The molecule has 0 aliphatic rings. The Bertz CT molecular complexity index is 253. The van der Waals surface area contributed by atoms with Gasteiger partial charge in [-0.15, -0.1) is 0 Å². The second-order valence-corrected chi connectivity index (χ2v) is 2.52. The smallest absolute Gasteiger partial charge is 0.0700 e. The van der Waals surface area contributed by atoms with E-state index in [0.29, 0.717) is 5.56 Å². The molecule has 1 aromatic heterocycles. The molecule has 1 atom stereocenters. The van der Waals surface area contributed by atoms with Crippen LogP contribution in [-0.4, -0.2) is 21.8 Å². The summed E-state index contributed by atoms with van der Waals surface area (Å²) in [4.78, 5) is 3.84. The zero-order chi connectivity index (χ0) is 8.97. The Kier molecular flexibility index (Phi) is 3.16. The van der Waals surface area contributed by atoms with E-state index >= 15 is 0 Å². The largest absolute Gasteiger partial charge is 0.394 e. The highest BCUT2D eigenvalue weighted by Crippen LogP contribution is 2.13. The molecule has 1 aromatic rings. The predicted molar refractivity (Wildman–Crippen MR) is 44.2 cm³/mol. The molecule has 0 saturated heterocycles. The number of nitrogens with zero attached hydrogens (tertiary/aromatic N) is 1. The molecular weight excluding hydrogens is 156 g/mol. The molecule has 4 heteroatoms. The van der Waals surface area contributed by atoms with Crippen LogP contribution in [0.4, 0.5) is 0 Å². The number of aromatic nitrogens is 1. The van der Waals surface area contributed by atoms with E-state index in [1.54, 1.807) is 18.5 Å².